The zero-order valence-electron chi connectivity index (χ0n) is 17.5. The molecule has 0 bridgehead atoms. The molecule has 0 aliphatic heterocycles. The van der Waals surface area contributed by atoms with Gasteiger partial charge in [-0.05, 0) is 63.7 Å². The number of likely N-dealkylation sites (N-methyl/N-ethyl adjacent to an activating group) is 1. The van der Waals surface area contributed by atoms with Crippen LogP contribution in [0.15, 0.2) is 52.9 Å². The van der Waals surface area contributed by atoms with Gasteiger partial charge in [0.1, 0.15) is 0 Å². The molecule has 1 amide bonds. The van der Waals surface area contributed by atoms with Crippen molar-refractivity contribution in [1.82, 2.24) is 20.4 Å². The molecular weight excluding hydrogens is 364 g/mol. The molecule has 1 heterocycles. The lowest BCUT2D eigenvalue weighted by molar-refractivity contribution is 0.0946. The maximum Gasteiger partial charge on any atom is 0.251 e. The normalized spacial score (nSPS) is 11.2. The number of nitrogens with one attached hydrogen (secondary N) is 1. The van der Waals surface area contributed by atoms with Crippen LogP contribution in [0.4, 0.5) is 0 Å². The fourth-order valence-corrected chi connectivity index (χ4v) is 3.20. The molecule has 0 radical (unpaired) electrons. The highest BCUT2D eigenvalue weighted by Gasteiger charge is 2.12. The Morgan fingerprint density at radius 1 is 1.07 bits per heavy atom. The molecule has 0 saturated heterocycles. The van der Waals surface area contributed by atoms with Crippen LogP contribution in [0.5, 0.6) is 0 Å². The molecule has 0 aliphatic carbocycles. The van der Waals surface area contributed by atoms with Gasteiger partial charge in [-0.2, -0.15) is 0 Å². The van der Waals surface area contributed by atoms with Crippen molar-refractivity contribution in [3.63, 3.8) is 0 Å². The van der Waals surface area contributed by atoms with Crippen molar-refractivity contribution in [2.45, 2.75) is 33.7 Å². The summed E-state index contributed by atoms with van der Waals surface area (Å²) < 4.78 is 5.81. The van der Waals surface area contributed by atoms with Gasteiger partial charge >= 0.3 is 0 Å². The lowest BCUT2D eigenvalue weighted by atomic mass is 10.1. The van der Waals surface area contributed by atoms with Gasteiger partial charge in [0, 0.05) is 35.8 Å². The topological polar surface area (TPSA) is 71.3 Å². The molecular formula is C23H28N4O2. The Kier molecular flexibility index (Phi) is 6.77. The van der Waals surface area contributed by atoms with Crippen LogP contribution in [0.25, 0.3) is 22.9 Å². The van der Waals surface area contributed by atoms with E-state index in [2.05, 4.69) is 41.2 Å². The van der Waals surface area contributed by atoms with Gasteiger partial charge in [-0.15, -0.1) is 10.2 Å². The summed E-state index contributed by atoms with van der Waals surface area (Å²) in [6.45, 7) is 10.9. The summed E-state index contributed by atoms with van der Waals surface area (Å²) in [4.78, 5) is 14.7. The Bertz CT molecular complexity index is 948. The van der Waals surface area contributed by atoms with Gasteiger partial charge in [0.15, 0.2) is 0 Å². The van der Waals surface area contributed by atoms with Crippen LogP contribution in [0.3, 0.4) is 0 Å². The molecule has 0 atom stereocenters. The maximum atomic E-state index is 12.4. The summed E-state index contributed by atoms with van der Waals surface area (Å²) in [5, 5.41) is 11.3. The number of hydrogen-bond donors (Lipinski definition) is 1. The fourth-order valence-electron chi connectivity index (χ4n) is 3.20. The van der Waals surface area contributed by atoms with Gasteiger partial charge in [0.25, 0.3) is 5.91 Å². The number of hydrogen-bond acceptors (Lipinski definition) is 5. The first-order valence-electron chi connectivity index (χ1n) is 10.0. The summed E-state index contributed by atoms with van der Waals surface area (Å²) in [6, 6.07) is 15.6. The Balaban J connectivity index is 1.62. The number of rotatable bonds is 8. The van der Waals surface area contributed by atoms with Crippen molar-refractivity contribution in [3.05, 3.63) is 59.7 Å². The second-order valence-electron chi connectivity index (χ2n) is 7.34. The zero-order chi connectivity index (χ0) is 20.8. The minimum Gasteiger partial charge on any atom is -0.416 e. The Morgan fingerprint density at radius 2 is 1.76 bits per heavy atom. The van der Waals surface area contributed by atoms with Crippen LogP contribution in [0, 0.1) is 6.92 Å². The lowest BCUT2D eigenvalue weighted by Crippen LogP contribution is -2.38. The molecule has 1 N–H and O–H groups in total. The van der Waals surface area contributed by atoms with E-state index in [4.69, 9.17) is 4.42 Å². The summed E-state index contributed by atoms with van der Waals surface area (Å²) in [5.41, 5.74) is 3.42. The second-order valence-corrected chi connectivity index (χ2v) is 7.34. The standard InChI is InChI=1S/C23H28N4O2/c1-5-27(16(2)3)14-13-24-21(28)18-9-11-19(12-10-18)22-25-26-23(29-22)20-8-6-7-17(4)15-20/h6-12,15-16H,5,13-14H2,1-4H3,(H,24,28). The molecule has 0 fully saturated rings. The highest BCUT2D eigenvalue weighted by Crippen LogP contribution is 2.24. The van der Waals surface area contributed by atoms with Crippen LogP contribution in [0.2, 0.25) is 0 Å². The minimum atomic E-state index is -0.0812. The van der Waals surface area contributed by atoms with E-state index in [1.165, 1.54) is 0 Å². The third-order valence-electron chi connectivity index (χ3n) is 4.91. The van der Waals surface area contributed by atoms with Crippen LogP contribution in [0.1, 0.15) is 36.7 Å². The molecule has 6 heteroatoms. The van der Waals surface area contributed by atoms with Gasteiger partial charge < -0.3 is 9.73 Å². The van der Waals surface area contributed by atoms with Gasteiger partial charge in [-0.3, -0.25) is 9.69 Å². The monoisotopic (exact) mass is 392 g/mol. The van der Waals surface area contributed by atoms with E-state index in [0.717, 1.165) is 29.8 Å². The highest BCUT2D eigenvalue weighted by atomic mass is 16.4. The third kappa shape index (κ3) is 5.29. The van der Waals surface area contributed by atoms with Crippen molar-refractivity contribution in [1.29, 1.82) is 0 Å². The summed E-state index contributed by atoms with van der Waals surface area (Å²) >= 11 is 0. The van der Waals surface area contributed by atoms with E-state index in [1.807, 2.05) is 43.3 Å². The van der Waals surface area contributed by atoms with Crippen LogP contribution in [-0.2, 0) is 0 Å². The molecule has 0 saturated carbocycles. The van der Waals surface area contributed by atoms with Crippen LogP contribution >= 0.6 is 0 Å². The molecule has 3 rings (SSSR count). The predicted octanol–water partition coefficient (Wildman–Crippen LogP) is 4.17. The first-order chi connectivity index (χ1) is 14.0. The summed E-state index contributed by atoms with van der Waals surface area (Å²) in [5.74, 6) is 0.836. The predicted molar refractivity (Wildman–Crippen MR) is 115 cm³/mol. The number of carbonyl (C=O) groups is 1. The molecule has 152 valence electrons. The maximum absolute atomic E-state index is 12.4. The molecule has 3 aromatic rings. The first-order valence-corrected chi connectivity index (χ1v) is 10.0. The van der Waals surface area contributed by atoms with Crippen LogP contribution in [-0.4, -0.2) is 46.7 Å². The number of aromatic nitrogens is 2. The number of aryl methyl sites for hydroxylation is 1. The Hall–Kier alpha value is -2.99. The summed E-state index contributed by atoms with van der Waals surface area (Å²) in [6.07, 6.45) is 0. The molecule has 0 aliphatic rings. The van der Waals surface area contributed by atoms with E-state index >= 15 is 0 Å². The van der Waals surface area contributed by atoms with Crippen molar-refractivity contribution >= 4 is 5.91 Å². The van der Waals surface area contributed by atoms with Crippen LogP contribution < -0.4 is 5.32 Å². The van der Waals surface area contributed by atoms with Crippen molar-refractivity contribution < 1.29 is 9.21 Å². The average molecular weight is 393 g/mol. The number of nitrogens with zero attached hydrogens (tertiary/aromatic N) is 3. The number of amides is 1. The molecule has 0 spiro atoms. The van der Waals surface area contributed by atoms with E-state index in [9.17, 15) is 4.79 Å². The van der Waals surface area contributed by atoms with E-state index in [1.54, 1.807) is 12.1 Å². The molecule has 0 unspecified atom stereocenters. The van der Waals surface area contributed by atoms with E-state index < -0.39 is 0 Å². The van der Waals surface area contributed by atoms with E-state index in [0.29, 0.717) is 29.9 Å². The Morgan fingerprint density at radius 3 is 2.38 bits per heavy atom. The fraction of sp³-hybridized carbons (Fsp3) is 0.348. The molecule has 29 heavy (non-hydrogen) atoms. The number of benzene rings is 2. The van der Waals surface area contributed by atoms with Crippen molar-refractivity contribution in [3.8, 4) is 22.9 Å². The second kappa shape index (κ2) is 9.47. The Labute approximate surface area is 172 Å². The number of carbonyl (C=O) groups excluding carboxylic acids is 1. The molecule has 6 nitrogen and oxygen atoms in total. The lowest BCUT2D eigenvalue weighted by Gasteiger charge is -2.24. The highest BCUT2D eigenvalue weighted by molar-refractivity contribution is 5.94. The zero-order valence-corrected chi connectivity index (χ0v) is 17.5. The van der Waals surface area contributed by atoms with Crippen molar-refractivity contribution in [2.75, 3.05) is 19.6 Å². The average Bonchev–Trinajstić information content (AvgIpc) is 3.21. The third-order valence-corrected chi connectivity index (χ3v) is 4.91. The van der Waals surface area contributed by atoms with Crippen molar-refractivity contribution in [2.24, 2.45) is 0 Å². The smallest absolute Gasteiger partial charge is 0.251 e. The van der Waals surface area contributed by atoms with Gasteiger partial charge in [0.05, 0.1) is 0 Å². The van der Waals surface area contributed by atoms with Gasteiger partial charge in [-0.1, -0.05) is 24.6 Å². The SMILES string of the molecule is CCN(CCNC(=O)c1ccc(-c2nnc(-c3cccc(C)c3)o2)cc1)C(C)C. The molecule has 2 aromatic carbocycles. The summed E-state index contributed by atoms with van der Waals surface area (Å²) in [7, 11) is 0. The quantitative estimate of drug-likeness (QED) is 0.623. The van der Waals surface area contributed by atoms with Gasteiger partial charge in [-0.25, -0.2) is 0 Å². The first kappa shape index (κ1) is 20.7. The molecule has 1 aromatic heterocycles. The largest absolute Gasteiger partial charge is 0.416 e. The minimum absolute atomic E-state index is 0.0812. The van der Waals surface area contributed by atoms with E-state index in [-0.39, 0.29) is 5.91 Å². The van der Waals surface area contributed by atoms with Gasteiger partial charge in [0.2, 0.25) is 11.8 Å².